The molecule has 0 atom stereocenters. The molecule has 5 heterocycles. The van der Waals surface area contributed by atoms with Crippen molar-refractivity contribution in [3.05, 3.63) is 78.2 Å². The monoisotopic (exact) mass is 460 g/mol. The third-order valence-electron chi connectivity index (χ3n) is 5.94. The fourth-order valence-corrected chi connectivity index (χ4v) is 4.38. The van der Waals surface area contributed by atoms with Gasteiger partial charge in [0, 0.05) is 36.3 Å². The molecule has 0 saturated carbocycles. The van der Waals surface area contributed by atoms with Crippen molar-refractivity contribution in [2.75, 3.05) is 14.1 Å². The molecule has 6 rings (SSSR count). The molecule has 0 radical (unpaired) electrons. The van der Waals surface area contributed by atoms with Crippen LogP contribution in [0.25, 0.3) is 56.1 Å². The summed E-state index contributed by atoms with van der Waals surface area (Å²) in [6.45, 7) is 2.90. The SMILES string of the molecule is Cc1cccc(-c2ccnc3nc(-c4n[nH]c5ccc(-c6cncc(CN(C)C)c6)nc45)[nH]c23)c1. The van der Waals surface area contributed by atoms with Gasteiger partial charge in [-0.15, -0.1) is 0 Å². The van der Waals surface area contributed by atoms with Gasteiger partial charge in [0.05, 0.1) is 16.7 Å². The number of fused-ring (bicyclic) bond motifs is 2. The molecule has 0 fully saturated rings. The second-order valence-corrected chi connectivity index (χ2v) is 9.00. The topological polar surface area (TPSA) is 99.3 Å². The number of pyridine rings is 3. The number of H-pyrrole nitrogens is 2. The van der Waals surface area contributed by atoms with Crippen molar-refractivity contribution >= 4 is 22.2 Å². The Hall–Kier alpha value is -4.43. The Morgan fingerprint density at radius 3 is 2.71 bits per heavy atom. The smallest absolute Gasteiger partial charge is 0.178 e. The number of aryl methyl sites for hydroxylation is 1. The number of benzene rings is 1. The van der Waals surface area contributed by atoms with Crippen LogP contribution in [0, 0.1) is 6.92 Å². The lowest BCUT2D eigenvalue weighted by atomic mass is 10.0. The molecule has 0 aliphatic heterocycles. The Labute approximate surface area is 202 Å². The van der Waals surface area contributed by atoms with Crippen LogP contribution in [0.15, 0.2) is 67.1 Å². The Kier molecular flexibility index (Phi) is 5.08. The number of nitrogens with one attached hydrogen (secondary N) is 2. The van der Waals surface area contributed by atoms with Gasteiger partial charge in [-0.1, -0.05) is 29.8 Å². The maximum Gasteiger partial charge on any atom is 0.178 e. The number of aromatic amines is 2. The second-order valence-electron chi connectivity index (χ2n) is 9.00. The highest BCUT2D eigenvalue weighted by molar-refractivity contribution is 5.95. The number of rotatable bonds is 5. The van der Waals surface area contributed by atoms with Crippen LogP contribution in [0.4, 0.5) is 0 Å². The van der Waals surface area contributed by atoms with Crippen LogP contribution in [-0.2, 0) is 6.54 Å². The van der Waals surface area contributed by atoms with Gasteiger partial charge in [0.1, 0.15) is 5.52 Å². The summed E-state index contributed by atoms with van der Waals surface area (Å²) in [5.41, 5.74) is 10.1. The highest BCUT2D eigenvalue weighted by Crippen LogP contribution is 2.31. The predicted octanol–water partition coefficient (Wildman–Crippen LogP) is 5.00. The van der Waals surface area contributed by atoms with Gasteiger partial charge in [0.2, 0.25) is 0 Å². The molecule has 8 nitrogen and oxygen atoms in total. The summed E-state index contributed by atoms with van der Waals surface area (Å²) in [7, 11) is 4.09. The van der Waals surface area contributed by atoms with Gasteiger partial charge in [-0.25, -0.2) is 15.0 Å². The van der Waals surface area contributed by atoms with E-state index in [1.165, 1.54) is 5.56 Å². The zero-order valence-corrected chi connectivity index (χ0v) is 19.7. The van der Waals surface area contributed by atoms with E-state index in [1.54, 1.807) is 6.20 Å². The number of aromatic nitrogens is 7. The van der Waals surface area contributed by atoms with Crippen LogP contribution in [-0.4, -0.2) is 54.1 Å². The summed E-state index contributed by atoms with van der Waals surface area (Å²) >= 11 is 0. The fourth-order valence-electron chi connectivity index (χ4n) is 4.38. The van der Waals surface area contributed by atoms with Gasteiger partial charge in [-0.2, -0.15) is 5.10 Å². The molecule has 0 bridgehead atoms. The number of nitrogens with zero attached hydrogens (tertiary/aromatic N) is 6. The summed E-state index contributed by atoms with van der Waals surface area (Å²) in [6, 6.07) is 16.5. The minimum Gasteiger partial charge on any atom is -0.335 e. The van der Waals surface area contributed by atoms with Gasteiger partial charge in [0.25, 0.3) is 0 Å². The van der Waals surface area contributed by atoms with Crippen LogP contribution < -0.4 is 0 Å². The van der Waals surface area contributed by atoms with Crippen LogP contribution in [0.3, 0.4) is 0 Å². The van der Waals surface area contributed by atoms with E-state index in [4.69, 9.17) is 9.97 Å². The molecule has 0 aliphatic rings. The number of imidazole rings is 1. The lowest BCUT2D eigenvalue weighted by Crippen LogP contribution is -2.10. The van der Waals surface area contributed by atoms with Gasteiger partial charge in [0.15, 0.2) is 17.2 Å². The average molecular weight is 461 g/mol. The molecule has 5 aromatic heterocycles. The Morgan fingerprint density at radius 1 is 0.943 bits per heavy atom. The summed E-state index contributed by atoms with van der Waals surface area (Å²) < 4.78 is 0. The van der Waals surface area contributed by atoms with Crippen molar-refractivity contribution in [3.63, 3.8) is 0 Å². The van der Waals surface area contributed by atoms with Crippen molar-refractivity contribution in [1.29, 1.82) is 0 Å². The summed E-state index contributed by atoms with van der Waals surface area (Å²) in [4.78, 5) is 24.2. The van der Waals surface area contributed by atoms with Gasteiger partial charge >= 0.3 is 0 Å². The number of hydrogen-bond acceptors (Lipinski definition) is 6. The van der Waals surface area contributed by atoms with Crippen molar-refractivity contribution in [1.82, 2.24) is 40.0 Å². The van der Waals surface area contributed by atoms with Crippen LogP contribution in [0.1, 0.15) is 11.1 Å². The van der Waals surface area contributed by atoms with Crippen molar-refractivity contribution in [2.24, 2.45) is 0 Å². The first kappa shape index (κ1) is 21.1. The quantitative estimate of drug-likeness (QED) is 0.376. The molecule has 2 N–H and O–H groups in total. The molecule has 0 aliphatic carbocycles. The van der Waals surface area contributed by atoms with Crippen molar-refractivity contribution < 1.29 is 0 Å². The zero-order chi connectivity index (χ0) is 23.9. The molecule has 1 aromatic carbocycles. The van der Waals surface area contributed by atoms with Crippen molar-refractivity contribution in [3.8, 4) is 33.9 Å². The predicted molar refractivity (Wildman–Crippen MR) is 138 cm³/mol. The lowest BCUT2D eigenvalue weighted by molar-refractivity contribution is 0.402. The minimum absolute atomic E-state index is 0.628. The molecule has 8 heteroatoms. The largest absolute Gasteiger partial charge is 0.335 e. The van der Waals surface area contributed by atoms with E-state index in [2.05, 4.69) is 67.3 Å². The average Bonchev–Trinajstić information content (AvgIpc) is 3.47. The molecule has 172 valence electrons. The standard InChI is InChI=1S/C27H24N8/c1-16-5-4-6-18(11-16)20-9-10-29-26-23(20)31-27(32-26)25-24-22(33-34-25)8-7-21(30-24)19-12-17(13-28-14-19)15-35(2)3/h4-14H,15H2,1-3H3,(H,33,34)(H,29,31,32). The molecule has 0 amide bonds. The van der Waals surface area contributed by atoms with E-state index in [9.17, 15) is 0 Å². The van der Waals surface area contributed by atoms with E-state index in [0.717, 1.165) is 51.0 Å². The van der Waals surface area contributed by atoms with E-state index in [-0.39, 0.29) is 0 Å². The first-order chi connectivity index (χ1) is 17.0. The first-order valence-electron chi connectivity index (χ1n) is 11.4. The van der Waals surface area contributed by atoms with Crippen LogP contribution in [0.5, 0.6) is 0 Å². The van der Waals surface area contributed by atoms with E-state index in [1.807, 2.05) is 44.7 Å². The third kappa shape index (κ3) is 3.94. The second kappa shape index (κ2) is 8.41. The summed E-state index contributed by atoms with van der Waals surface area (Å²) in [5, 5.41) is 7.62. The first-order valence-corrected chi connectivity index (χ1v) is 11.4. The maximum absolute atomic E-state index is 4.94. The fraction of sp³-hybridized carbons (Fsp3) is 0.148. The summed E-state index contributed by atoms with van der Waals surface area (Å²) in [6.07, 6.45) is 5.52. The van der Waals surface area contributed by atoms with E-state index < -0.39 is 0 Å². The van der Waals surface area contributed by atoms with Gasteiger partial charge in [-0.05, 0) is 56.4 Å². The van der Waals surface area contributed by atoms with Crippen LogP contribution in [0.2, 0.25) is 0 Å². The van der Waals surface area contributed by atoms with E-state index in [0.29, 0.717) is 17.2 Å². The normalized spacial score (nSPS) is 11.7. The highest BCUT2D eigenvalue weighted by atomic mass is 15.2. The molecule has 0 unspecified atom stereocenters. The molecule has 6 aromatic rings. The Bertz CT molecular complexity index is 1680. The third-order valence-corrected chi connectivity index (χ3v) is 5.94. The molecule has 35 heavy (non-hydrogen) atoms. The van der Waals surface area contributed by atoms with Gasteiger partial charge in [-0.3, -0.25) is 10.1 Å². The van der Waals surface area contributed by atoms with Crippen LogP contribution >= 0.6 is 0 Å². The molecule has 0 spiro atoms. The lowest BCUT2D eigenvalue weighted by Gasteiger charge is -2.10. The maximum atomic E-state index is 4.94. The van der Waals surface area contributed by atoms with Crippen molar-refractivity contribution in [2.45, 2.75) is 13.5 Å². The van der Waals surface area contributed by atoms with Gasteiger partial charge < -0.3 is 9.88 Å². The Balaban J connectivity index is 1.45. The molecule has 0 saturated heterocycles. The number of hydrogen-bond donors (Lipinski definition) is 2. The van der Waals surface area contributed by atoms with E-state index >= 15 is 0 Å². The minimum atomic E-state index is 0.628. The molecular weight excluding hydrogens is 436 g/mol. The highest BCUT2D eigenvalue weighted by Gasteiger charge is 2.17. The summed E-state index contributed by atoms with van der Waals surface area (Å²) in [5.74, 6) is 0.628. The zero-order valence-electron chi connectivity index (χ0n) is 19.7. The Morgan fingerprint density at radius 2 is 1.86 bits per heavy atom. The molecular formula is C27H24N8.